The summed E-state index contributed by atoms with van der Waals surface area (Å²) < 4.78 is 0. The van der Waals surface area contributed by atoms with Crippen LogP contribution in [-0.4, -0.2) is 54.6 Å². The molecular formula is C17H24N4. The van der Waals surface area contributed by atoms with Crippen molar-refractivity contribution in [2.24, 2.45) is 5.73 Å². The van der Waals surface area contributed by atoms with Gasteiger partial charge in [0.15, 0.2) is 0 Å². The van der Waals surface area contributed by atoms with E-state index in [1.807, 2.05) is 6.92 Å². The average Bonchev–Trinajstić information content (AvgIpc) is 2.50. The third kappa shape index (κ3) is 3.07. The quantitative estimate of drug-likeness (QED) is 0.933. The highest BCUT2D eigenvalue weighted by molar-refractivity contribution is 5.79. The number of likely N-dealkylation sites (N-methyl/N-ethyl adjacent to an activating group) is 1. The van der Waals surface area contributed by atoms with E-state index >= 15 is 0 Å². The summed E-state index contributed by atoms with van der Waals surface area (Å²) in [4.78, 5) is 9.45. The lowest BCUT2D eigenvalue weighted by atomic mass is 10.0. The molecule has 2 heterocycles. The number of nitrogens with two attached hydrogens (primary N) is 1. The first-order valence-corrected chi connectivity index (χ1v) is 7.67. The van der Waals surface area contributed by atoms with Crippen LogP contribution in [0.25, 0.3) is 10.9 Å². The van der Waals surface area contributed by atoms with E-state index in [-0.39, 0.29) is 0 Å². The Morgan fingerprint density at radius 1 is 1.14 bits per heavy atom. The van der Waals surface area contributed by atoms with Crippen molar-refractivity contribution in [3.8, 4) is 0 Å². The third-order valence-electron chi connectivity index (χ3n) is 4.44. The van der Waals surface area contributed by atoms with Crippen LogP contribution in [0.1, 0.15) is 17.3 Å². The molecule has 0 amide bonds. The molecule has 2 N–H and O–H groups in total. The predicted molar refractivity (Wildman–Crippen MR) is 87.3 cm³/mol. The Kier molecular flexibility index (Phi) is 4.19. The second kappa shape index (κ2) is 6.10. The van der Waals surface area contributed by atoms with Gasteiger partial charge in [-0.05, 0) is 37.7 Å². The maximum atomic E-state index is 6.07. The summed E-state index contributed by atoms with van der Waals surface area (Å²) in [6.07, 6.45) is 0. The van der Waals surface area contributed by atoms with E-state index < -0.39 is 0 Å². The topological polar surface area (TPSA) is 45.4 Å². The molecule has 0 saturated carbocycles. The van der Waals surface area contributed by atoms with Crippen LogP contribution in [0.4, 0.5) is 0 Å². The van der Waals surface area contributed by atoms with E-state index in [1.54, 1.807) is 0 Å². The lowest BCUT2D eigenvalue weighted by Gasteiger charge is -2.37. The molecule has 1 aromatic heterocycles. The van der Waals surface area contributed by atoms with Crippen LogP contribution in [0.3, 0.4) is 0 Å². The smallest absolute Gasteiger partial charge is 0.0705 e. The summed E-state index contributed by atoms with van der Waals surface area (Å²) in [5, 5.41) is 1.20. The van der Waals surface area contributed by atoms with Crippen molar-refractivity contribution in [2.75, 3.05) is 39.8 Å². The highest BCUT2D eigenvalue weighted by Gasteiger charge is 2.22. The molecule has 21 heavy (non-hydrogen) atoms. The van der Waals surface area contributed by atoms with Crippen molar-refractivity contribution in [3.05, 3.63) is 41.6 Å². The summed E-state index contributed by atoms with van der Waals surface area (Å²) in [5.41, 5.74) is 9.50. The van der Waals surface area contributed by atoms with E-state index in [0.717, 1.165) is 37.4 Å². The van der Waals surface area contributed by atoms with Crippen molar-refractivity contribution >= 4 is 10.9 Å². The van der Waals surface area contributed by atoms with Gasteiger partial charge in [-0.3, -0.25) is 9.88 Å². The fourth-order valence-corrected chi connectivity index (χ4v) is 3.08. The maximum absolute atomic E-state index is 6.07. The van der Waals surface area contributed by atoms with Crippen LogP contribution in [0.15, 0.2) is 30.3 Å². The van der Waals surface area contributed by atoms with Crippen molar-refractivity contribution in [2.45, 2.75) is 13.0 Å². The Bertz CT molecular complexity index is 617. The molecule has 0 spiro atoms. The van der Waals surface area contributed by atoms with Crippen molar-refractivity contribution in [1.29, 1.82) is 0 Å². The molecule has 0 radical (unpaired) electrons. The lowest BCUT2D eigenvalue weighted by molar-refractivity contribution is 0.114. The Hall–Kier alpha value is -1.49. The summed E-state index contributed by atoms with van der Waals surface area (Å²) in [6.45, 7) is 7.09. The average molecular weight is 284 g/mol. The SMILES string of the molecule is Cc1ccc2cc(C(CN)N3CCN(C)CC3)ccc2n1. The molecule has 0 aliphatic carbocycles. The number of benzene rings is 1. The van der Waals surface area contributed by atoms with Gasteiger partial charge in [0.25, 0.3) is 0 Å². The van der Waals surface area contributed by atoms with E-state index in [0.29, 0.717) is 12.6 Å². The normalized spacial score (nSPS) is 19.0. The number of hydrogen-bond donors (Lipinski definition) is 1. The number of pyridine rings is 1. The Morgan fingerprint density at radius 3 is 2.62 bits per heavy atom. The number of aryl methyl sites for hydroxylation is 1. The first-order chi connectivity index (χ1) is 10.2. The van der Waals surface area contributed by atoms with Gasteiger partial charge in [0, 0.05) is 49.8 Å². The van der Waals surface area contributed by atoms with Crippen LogP contribution >= 0.6 is 0 Å². The zero-order chi connectivity index (χ0) is 14.8. The molecule has 1 aliphatic rings. The van der Waals surface area contributed by atoms with Crippen LogP contribution < -0.4 is 5.73 Å². The van der Waals surface area contributed by atoms with Crippen molar-refractivity contribution in [3.63, 3.8) is 0 Å². The molecule has 1 fully saturated rings. The molecule has 1 aromatic carbocycles. The maximum Gasteiger partial charge on any atom is 0.0705 e. The lowest BCUT2D eigenvalue weighted by Crippen LogP contribution is -2.47. The minimum Gasteiger partial charge on any atom is -0.329 e. The number of nitrogens with zero attached hydrogens (tertiary/aromatic N) is 3. The highest BCUT2D eigenvalue weighted by atomic mass is 15.3. The monoisotopic (exact) mass is 284 g/mol. The summed E-state index contributed by atoms with van der Waals surface area (Å²) in [6, 6.07) is 11.1. The first-order valence-electron chi connectivity index (χ1n) is 7.67. The van der Waals surface area contributed by atoms with Crippen LogP contribution in [0, 0.1) is 6.92 Å². The molecule has 4 heteroatoms. The number of piperazine rings is 1. The van der Waals surface area contributed by atoms with Crippen LogP contribution in [-0.2, 0) is 0 Å². The van der Waals surface area contributed by atoms with Gasteiger partial charge >= 0.3 is 0 Å². The summed E-state index contributed by atoms with van der Waals surface area (Å²) in [5.74, 6) is 0. The van der Waals surface area contributed by atoms with E-state index in [9.17, 15) is 0 Å². The molecule has 1 aliphatic heterocycles. The third-order valence-corrected chi connectivity index (χ3v) is 4.44. The van der Waals surface area contributed by atoms with Gasteiger partial charge in [0.1, 0.15) is 0 Å². The molecule has 112 valence electrons. The van der Waals surface area contributed by atoms with Gasteiger partial charge in [0.2, 0.25) is 0 Å². The Balaban J connectivity index is 1.88. The molecule has 2 aromatic rings. The molecular weight excluding hydrogens is 260 g/mol. The molecule has 1 atom stereocenters. The van der Waals surface area contributed by atoms with Crippen LogP contribution in [0.2, 0.25) is 0 Å². The van der Waals surface area contributed by atoms with Gasteiger partial charge in [-0.25, -0.2) is 0 Å². The Morgan fingerprint density at radius 2 is 1.90 bits per heavy atom. The second-order valence-electron chi connectivity index (χ2n) is 6.00. The van der Waals surface area contributed by atoms with Gasteiger partial charge in [0.05, 0.1) is 5.52 Å². The number of hydrogen-bond acceptors (Lipinski definition) is 4. The number of aromatic nitrogens is 1. The Labute approximate surface area is 126 Å². The molecule has 0 bridgehead atoms. The van der Waals surface area contributed by atoms with Crippen LogP contribution in [0.5, 0.6) is 0 Å². The fourth-order valence-electron chi connectivity index (χ4n) is 3.08. The fraction of sp³-hybridized carbons (Fsp3) is 0.471. The van der Waals surface area contributed by atoms with E-state index in [4.69, 9.17) is 5.73 Å². The standard InChI is InChI=1S/C17H24N4/c1-13-3-4-14-11-15(5-6-16(14)19-13)17(12-18)21-9-7-20(2)8-10-21/h3-6,11,17H,7-10,12,18H2,1-2H3. The van der Waals surface area contributed by atoms with Gasteiger partial charge < -0.3 is 10.6 Å². The first kappa shape index (κ1) is 14.4. The molecule has 3 rings (SSSR count). The van der Waals surface area contributed by atoms with E-state index in [2.05, 4.69) is 52.2 Å². The zero-order valence-corrected chi connectivity index (χ0v) is 12.9. The molecule has 1 unspecified atom stereocenters. The molecule has 1 saturated heterocycles. The number of rotatable bonds is 3. The minimum absolute atomic E-state index is 0.310. The highest BCUT2D eigenvalue weighted by Crippen LogP contribution is 2.24. The zero-order valence-electron chi connectivity index (χ0n) is 12.9. The largest absolute Gasteiger partial charge is 0.329 e. The predicted octanol–water partition coefficient (Wildman–Crippen LogP) is 1.79. The van der Waals surface area contributed by atoms with Gasteiger partial charge in [-0.15, -0.1) is 0 Å². The minimum atomic E-state index is 0.310. The van der Waals surface area contributed by atoms with Gasteiger partial charge in [-0.2, -0.15) is 0 Å². The van der Waals surface area contributed by atoms with E-state index in [1.165, 1.54) is 10.9 Å². The summed E-state index contributed by atoms with van der Waals surface area (Å²) in [7, 11) is 2.18. The molecule has 4 nitrogen and oxygen atoms in total. The number of fused-ring (bicyclic) bond motifs is 1. The van der Waals surface area contributed by atoms with Crippen molar-refractivity contribution in [1.82, 2.24) is 14.8 Å². The summed E-state index contributed by atoms with van der Waals surface area (Å²) >= 11 is 0. The van der Waals surface area contributed by atoms with Crippen molar-refractivity contribution < 1.29 is 0 Å². The second-order valence-corrected chi connectivity index (χ2v) is 6.00. The van der Waals surface area contributed by atoms with Gasteiger partial charge in [-0.1, -0.05) is 12.1 Å².